The summed E-state index contributed by atoms with van der Waals surface area (Å²) in [5.41, 5.74) is 5.87. The second-order valence-electron chi connectivity index (χ2n) is 4.48. The summed E-state index contributed by atoms with van der Waals surface area (Å²) in [4.78, 5) is 4.02. The van der Waals surface area contributed by atoms with Gasteiger partial charge in [0.25, 0.3) is 0 Å². The highest BCUT2D eigenvalue weighted by Gasteiger charge is 2.40. The van der Waals surface area contributed by atoms with Gasteiger partial charge in [-0.1, -0.05) is 0 Å². The van der Waals surface area contributed by atoms with Gasteiger partial charge in [0.2, 0.25) is 10.0 Å². The Morgan fingerprint density at radius 3 is 2.53 bits per heavy atom. The first-order valence-electron chi connectivity index (χ1n) is 5.38. The van der Waals surface area contributed by atoms with Crippen LogP contribution in [0.4, 0.5) is 5.82 Å². The van der Waals surface area contributed by atoms with Crippen LogP contribution >= 0.6 is 0 Å². The van der Waals surface area contributed by atoms with Crippen molar-refractivity contribution in [1.29, 1.82) is 0 Å². The van der Waals surface area contributed by atoms with Gasteiger partial charge in [0, 0.05) is 12.7 Å². The minimum atomic E-state index is -3.67. The number of aromatic nitrogens is 1. The van der Waals surface area contributed by atoms with E-state index >= 15 is 0 Å². The van der Waals surface area contributed by atoms with Gasteiger partial charge in [-0.3, -0.25) is 0 Å². The standard InChI is InChI=1S/C10H16N4O2S/c11-6-10(3-4-10)7-14-9-2-1-8(5-13-9)17(12,15)16/h1-2,5H,3-4,6-7,11H2,(H,13,14)(H2,12,15,16). The SMILES string of the molecule is NCC1(CNc2ccc(S(N)(=O)=O)cn2)CC1. The summed E-state index contributed by atoms with van der Waals surface area (Å²) in [7, 11) is -3.67. The van der Waals surface area contributed by atoms with Crippen LogP contribution in [0.1, 0.15) is 12.8 Å². The molecule has 0 amide bonds. The van der Waals surface area contributed by atoms with Crippen LogP contribution in [0.2, 0.25) is 0 Å². The van der Waals surface area contributed by atoms with Crippen LogP contribution in [0, 0.1) is 5.41 Å². The van der Waals surface area contributed by atoms with Crippen molar-refractivity contribution in [2.24, 2.45) is 16.3 Å². The molecule has 1 aliphatic carbocycles. The number of anilines is 1. The number of pyridine rings is 1. The normalized spacial score (nSPS) is 17.8. The van der Waals surface area contributed by atoms with Crippen LogP contribution in [0.15, 0.2) is 23.2 Å². The number of nitrogens with two attached hydrogens (primary N) is 2. The monoisotopic (exact) mass is 256 g/mol. The van der Waals surface area contributed by atoms with Gasteiger partial charge in [0.1, 0.15) is 10.7 Å². The number of hydrogen-bond donors (Lipinski definition) is 3. The van der Waals surface area contributed by atoms with E-state index in [-0.39, 0.29) is 10.3 Å². The van der Waals surface area contributed by atoms with E-state index in [0.717, 1.165) is 19.4 Å². The van der Waals surface area contributed by atoms with Crippen LogP contribution < -0.4 is 16.2 Å². The zero-order chi connectivity index (χ0) is 12.5. The van der Waals surface area contributed by atoms with E-state index < -0.39 is 10.0 Å². The van der Waals surface area contributed by atoms with Crippen molar-refractivity contribution in [1.82, 2.24) is 4.98 Å². The minimum Gasteiger partial charge on any atom is -0.369 e. The van der Waals surface area contributed by atoms with Gasteiger partial charge in [-0.15, -0.1) is 0 Å². The number of rotatable bonds is 5. The highest BCUT2D eigenvalue weighted by atomic mass is 32.2. The van der Waals surface area contributed by atoms with E-state index in [9.17, 15) is 8.42 Å². The first-order valence-corrected chi connectivity index (χ1v) is 6.93. The molecule has 0 spiro atoms. The van der Waals surface area contributed by atoms with Crippen LogP contribution in [0.5, 0.6) is 0 Å². The lowest BCUT2D eigenvalue weighted by Crippen LogP contribution is -2.24. The number of hydrogen-bond acceptors (Lipinski definition) is 5. The van der Waals surface area contributed by atoms with Crippen molar-refractivity contribution >= 4 is 15.8 Å². The Labute approximate surface area is 100 Å². The van der Waals surface area contributed by atoms with Gasteiger partial charge in [-0.05, 0) is 36.9 Å². The molecule has 94 valence electrons. The lowest BCUT2D eigenvalue weighted by Gasteiger charge is -2.13. The molecule has 0 bridgehead atoms. The zero-order valence-corrected chi connectivity index (χ0v) is 10.2. The predicted molar refractivity (Wildman–Crippen MR) is 64.8 cm³/mol. The van der Waals surface area contributed by atoms with Crippen LogP contribution in [0.3, 0.4) is 0 Å². The maximum absolute atomic E-state index is 11.0. The molecule has 1 heterocycles. The second kappa shape index (κ2) is 4.25. The smallest absolute Gasteiger partial charge is 0.239 e. The van der Waals surface area contributed by atoms with Crippen LogP contribution in [0.25, 0.3) is 0 Å². The molecule has 0 radical (unpaired) electrons. The molecule has 0 aliphatic heterocycles. The molecule has 1 aromatic rings. The Kier molecular flexibility index (Phi) is 3.07. The summed E-state index contributed by atoms with van der Waals surface area (Å²) >= 11 is 0. The summed E-state index contributed by atoms with van der Waals surface area (Å²) in [6.45, 7) is 1.43. The average molecular weight is 256 g/mol. The van der Waals surface area contributed by atoms with Crippen molar-refractivity contribution in [3.8, 4) is 0 Å². The third-order valence-electron chi connectivity index (χ3n) is 3.10. The lowest BCUT2D eigenvalue weighted by atomic mass is 10.1. The third-order valence-corrected chi connectivity index (χ3v) is 4.00. The maximum Gasteiger partial charge on any atom is 0.239 e. The van der Waals surface area contributed by atoms with Crippen molar-refractivity contribution in [2.75, 3.05) is 18.4 Å². The first kappa shape index (κ1) is 12.3. The van der Waals surface area contributed by atoms with Gasteiger partial charge in [0.15, 0.2) is 0 Å². The molecule has 0 unspecified atom stereocenters. The molecule has 0 saturated heterocycles. The maximum atomic E-state index is 11.0. The molecule has 17 heavy (non-hydrogen) atoms. The van der Waals surface area contributed by atoms with Crippen molar-refractivity contribution in [3.63, 3.8) is 0 Å². The Morgan fingerprint density at radius 1 is 1.41 bits per heavy atom. The molecule has 7 heteroatoms. The Hall–Kier alpha value is -1.18. The first-order chi connectivity index (χ1) is 7.95. The summed E-state index contributed by atoms with van der Waals surface area (Å²) in [5.74, 6) is 0.636. The number of primary sulfonamides is 1. The summed E-state index contributed by atoms with van der Waals surface area (Å²) in [5, 5.41) is 8.13. The third kappa shape index (κ3) is 2.93. The van der Waals surface area contributed by atoms with Gasteiger partial charge in [-0.25, -0.2) is 18.5 Å². The largest absolute Gasteiger partial charge is 0.369 e. The van der Waals surface area contributed by atoms with E-state index in [2.05, 4.69) is 10.3 Å². The zero-order valence-electron chi connectivity index (χ0n) is 9.39. The molecule has 1 aromatic heterocycles. The van der Waals surface area contributed by atoms with E-state index in [0.29, 0.717) is 12.4 Å². The fourth-order valence-electron chi connectivity index (χ4n) is 1.56. The second-order valence-corrected chi connectivity index (χ2v) is 6.04. The summed E-state index contributed by atoms with van der Waals surface area (Å²) < 4.78 is 22.0. The molecule has 0 atom stereocenters. The molecule has 5 N–H and O–H groups in total. The molecule has 2 rings (SSSR count). The average Bonchev–Trinajstić information content (AvgIpc) is 3.06. The molecular formula is C10H16N4O2S. The van der Waals surface area contributed by atoms with Crippen molar-refractivity contribution in [2.45, 2.75) is 17.7 Å². The fourth-order valence-corrected chi connectivity index (χ4v) is 2.02. The molecule has 1 fully saturated rings. The molecule has 1 aliphatic rings. The lowest BCUT2D eigenvalue weighted by molar-refractivity contribution is 0.555. The topological polar surface area (TPSA) is 111 Å². The van der Waals surface area contributed by atoms with Crippen molar-refractivity contribution < 1.29 is 8.42 Å². The Balaban J connectivity index is 1.99. The number of nitrogens with zero attached hydrogens (tertiary/aromatic N) is 1. The molecule has 0 aromatic carbocycles. The highest BCUT2D eigenvalue weighted by Crippen LogP contribution is 2.44. The summed E-state index contributed by atoms with van der Waals surface area (Å²) in [6.07, 6.45) is 3.51. The number of sulfonamides is 1. The fraction of sp³-hybridized carbons (Fsp3) is 0.500. The highest BCUT2D eigenvalue weighted by molar-refractivity contribution is 7.89. The van der Waals surface area contributed by atoms with E-state index in [4.69, 9.17) is 10.9 Å². The Morgan fingerprint density at radius 2 is 2.12 bits per heavy atom. The van der Waals surface area contributed by atoms with Gasteiger partial charge in [0.05, 0.1) is 0 Å². The number of nitrogens with one attached hydrogen (secondary N) is 1. The summed E-state index contributed by atoms with van der Waals surface area (Å²) in [6, 6.07) is 3.04. The van der Waals surface area contributed by atoms with E-state index in [1.807, 2.05) is 0 Å². The molecule has 6 nitrogen and oxygen atoms in total. The predicted octanol–water partition coefficient (Wildman–Crippen LogP) is -0.120. The van der Waals surface area contributed by atoms with E-state index in [1.54, 1.807) is 6.07 Å². The molecular weight excluding hydrogens is 240 g/mol. The quantitative estimate of drug-likeness (QED) is 0.680. The van der Waals surface area contributed by atoms with Crippen LogP contribution in [-0.2, 0) is 10.0 Å². The van der Waals surface area contributed by atoms with Gasteiger partial charge < -0.3 is 11.1 Å². The van der Waals surface area contributed by atoms with Crippen molar-refractivity contribution in [3.05, 3.63) is 18.3 Å². The van der Waals surface area contributed by atoms with Crippen LogP contribution in [-0.4, -0.2) is 26.5 Å². The van der Waals surface area contributed by atoms with E-state index in [1.165, 1.54) is 12.3 Å². The van der Waals surface area contributed by atoms with Gasteiger partial charge in [-0.2, -0.15) is 0 Å². The Bertz CT molecular complexity index is 494. The van der Waals surface area contributed by atoms with Gasteiger partial charge >= 0.3 is 0 Å². The minimum absolute atomic E-state index is 0.0167. The molecule has 1 saturated carbocycles.